The molecule has 26 heavy (non-hydrogen) atoms. The summed E-state index contributed by atoms with van der Waals surface area (Å²) in [4.78, 5) is 15.1. The van der Waals surface area contributed by atoms with Crippen molar-refractivity contribution in [2.24, 2.45) is 0 Å². The average molecular weight is 354 g/mol. The topological polar surface area (TPSA) is 37.3 Å². The molecule has 0 spiro atoms. The smallest absolute Gasteiger partial charge is 0.268 e. The molecule has 4 heteroatoms. The lowest BCUT2D eigenvalue weighted by molar-refractivity contribution is 0.0941. The van der Waals surface area contributed by atoms with Gasteiger partial charge in [0.1, 0.15) is 5.69 Å². The molecule has 3 rings (SSSR count). The van der Waals surface area contributed by atoms with Gasteiger partial charge in [-0.15, -0.1) is 0 Å². The standard InChI is InChI=1S/C22H31N3O/c1-16-9-11-18(12-10-16)15-25-20-8-6-5-7-19(20)17(2)21(25)22(26)23-13-14-24(3)4/h9-12H,5-8,13-15H2,1-4H3,(H,23,26). The highest BCUT2D eigenvalue weighted by Crippen LogP contribution is 2.30. The van der Waals surface area contributed by atoms with Crippen LogP contribution in [0.3, 0.4) is 0 Å². The third-order valence-electron chi connectivity index (χ3n) is 5.36. The third kappa shape index (κ3) is 4.01. The first kappa shape index (κ1) is 18.7. The molecule has 4 nitrogen and oxygen atoms in total. The summed E-state index contributed by atoms with van der Waals surface area (Å²) in [7, 11) is 4.05. The number of nitrogens with zero attached hydrogens (tertiary/aromatic N) is 2. The summed E-state index contributed by atoms with van der Waals surface area (Å²) < 4.78 is 2.28. The molecule has 1 aliphatic carbocycles. The van der Waals surface area contributed by atoms with Crippen molar-refractivity contribution in [3.05, 3.63) is 57.9 Å². The van der Waals surface area contributed by atoms with Gasteiger partial charge in [-0.1, -0.05) is 29.8 Å². The number of nitrogens with one attached hydrogen (secondary N) is 1. The zero-order chi connectivity index (χ0) is 18.7. The molecule has 1 N–H and O–H groups in total. The first-order chi connectivity index (χ1) is 12.5. The van der Waals surface area contributed by atoms with E-state index in [2.05, 4.69) is 52.9 Å². The molecule has 0 unspecified atom stereocenters. The summed E-state index contributed by atoms with van der Waals surface area (Å²) in [6, 6.07) is 8.64. The quantitative estimate of drug-likeness (QED) is 0.865. The second kappa shape index (κ2) is 8.09. The predicted molar refractivity (Wildman–Crippen MR) is 107 cm³/mol. The molecule has 0 radical (unpaired) electrons. The van der Waals surface area contributed by atoms with Gasteiger partial charge < -0.3 is 14.8 Å². The molecule has 1 heterocycles. The number of fused-ring (bicyclic) bond motifs is 1. The Balaban J connectivity index is 1.92. The minimum Gasteiger partial charge on any atom is -0.349 e. The van der Waals surface area contributed by atoms with E-state index >= 15 is 0 Å². The minimum atomic E-state index is 0.0610. The van der Waals surface area contributed by atoms with Gasteiger partial charge in [-0.25, -0.2) is 0 Å². The van der Waals surface area contributed by atoms with Crippen LogP contribution in [-0.4, -0.2) is 42.6 Å². The number of rotatable bonds is 6. The van der Waals surface area contributed by atoms with Crippen LogP contribution >= 0.6 is 0 Å². The molecule has 0 atom stereocenters. The Morgan fingerprint density at radius 1 is 1.12 bits per heavy atom. The van der Waals surface area contributed by atoms with E-state index in [1.807, 2.05) is 14.1 Å². The van der Waals surface area contributed by atoms with Gasteiger partial charge in [0.25, 0.3) is 5.91 Å². The van der Waals surface area contributed by atoms with E-state index in [0.29, 0.717) is 6.54 Å². The Bertz CT molecular complexity index is 772. The van der Waals surface area contributed by atoms with Gasteiger partial charge in [0.15, 0.2) is 0 Å². The lowest BCUT2D eigenvalue weighted by Crippen LogP contribution is -2.33. The fourth-order valence-corrected chi connectivity index (χ4v) is 3.89. The van der Waals surface area contributed by atoms with Crippen molar-refractivity contribution in [1.29, 1.82) is 0 Å². The molecule has 1 aromatic carbocycles. The van der Waals surface area contributed by atoms with Crippen molar-refractivity contribution in [3.8, 4) is 0 Å². The van der Waals surface area contributed by atoms with Crippen LogP contribution in [0, 0.1) is 13.8 Å². The Morgan fingerprint density at radius 3 is 2.50 bits per heavy atom. The Kier molecular flexibility index (Phi) is 5.82. The third-order valence-corrected chi connectivity index (χ3v) is 5.36. The van der Waals surface area contributed by atoms with Crippen molar-refractivity contribution in [1.82, 2.24) is 14.8 Å². The zero-order valence-electron chi connectivity index (χ0n) is 16.6. The van der Waals surface area contributed by atoms with Crippen LogP contribution in [0.1, 0.15) is 51.3 Å². The van der Waals surface area contributed by atoms with Crippen LogP contribution < -0.4 is 5.32 Å². The van der Waals surface area contributed by atoms with Crippen LogP contribution in [0.4, 0.5) is 0 Å². The summed E-state index contributed by atoms with van der Waals surface area (Å²) in [6.45, 7) is 6.52. The average Bonchev–Trinajstić information content (AvgIpc) is 2.89. The van der Waals surface area contributed by atoms with Crippen molar-refractivity contribution < 1.29 is 4.79 Å². The van der Waals surface area contributed by atoms with E-state index in [9.17, 15) is 4.79 Å². The van der Waals surface area contributed by atoms with Gasteiger partial charge in [0.2, 0.25) is 0 Å². The summed E-state index contributed by atoms with van der Waals surface area (Å²) in [5.74, 6) is 0.0610. The second-order valence-electron chi connectivity index (χ2n) is 7.74. The fraction of sp³-hybridized carbons (Fsp3) is 0.500. The van der Waals surface area contributed by atoms with Gasteiger partial charge in [-0.2, -0.15) is 0 Å². The van der Waals surface area contributed by atoms with E-state index in [0.717, 1.165) is 31.6 Å². The van der Waals surface area contributed by atoms with E-state index in [1.54, 1.807) is 0 Å². The monoisotopic (exact) mass is 353 g/mol. The molecule has 0 fully saturated rings. The molecule has 1 aliphatic rings. The maximum atomic E-state index is 13.0. The molecule has 0 aliphatic heterocycles. The SMILES string of the molecule is Cc1ccc(Cn2c3c(c(C)c2C(=O)NCCN(C)C)CCCC3)cc1. The van der Waals surface area contributed by atoms with Crippen LogP contribution in [0.2, 0.25) is 0 Å². The molecule has 0 bridgehead atoms. The van der Waals surface area contributed by atoms with Crippen LogP contribution in [0.5, 0.6) is 0 Å². The maximum Gasteiger partial charge on any atom is 0.268 e. The van der Waals surface area contributed by atoms with E-state index in [1.165, 1.54) is 40.8 Å². The number of likely N-dealkylation sites (N-methyl/N-ethyl adjacent to an activating group) is 1. The van der Waals surface area contributed by atoms with E-state index < -0.39 is 0 Å². The van der Waals surface area contributed by atoms with Crippen LogP contribution in [0.25, 0.3) is 0 Å². The molecule has 2 aromatic rings. The minimum absolute atomic E-state index is 0.0610. The van der Waals surface area contributed by atoms with Crippen molar-refractivity contribution >= 4 is 5.91 Å². The number of aromatic nitrogens is 1. The first-order valence-corrected chi connectivity index (χ1v) is 9.66. The molecule has 0 saturated carbocycles. The Labute approximate surface area is 157 Å². The number of aryl methyl sites for hydroxylation is 1. The lowest BCUT2D eigenvalue weighted by Gasteiger charge is -2.17. The highest BCUT2D eigenvalue weighted by atomic mass is 16.1. The van der Waals surface area contributed by atoms with Crippen molar-refractivity contribution in [2.45, 2.75) is 46.1 Å². The molecule has 140 valence electrons. The highest BCUT2D eigenvalue weighted by Gasteiger charge is 2.26. The first-order valence-electron chi connectivity index (χ1n) is 9.66. The normalized spacial score (nSPS) is 13.7. The van der Waals surface area contributed by atoms with Gasteiger partial charge in [-0.05, 0) is 70.3 Å². The van der Waals surface area contributed by atoms with E-state index in [4.69, 9.17) is 0 Å². The number of benzene rings is 1. The number of carbonyl (C=O) groups excluding carboxylic acids is 1. The maximum absolute atomic E-state index is 13.0. The van der Waals surface area contributed by atoms with Crippen molar-refractivity contribution in [3.63, 3.8) is 0 Å². The van der Waals surface area contributed by atoms with Gasteiger partial charge >= 0.3 is 0 Å². The molecule has 0 saturated heterocycles. The molecular formula is C22H31N3O. The predicted octanol–water partition coefficient (Wildman–Crippen LogP) is 3.32. The summed E-state index contributed by atoms with van der Waals surface area (Å²) >= 11 is 0. The Morgan fingerprint density at radius 2 is 1.81 bits per heavy atom. The summed E-state index contributed by atoms with van der Waals surface area (Å²) in [5.41, 5.74) is 7.32. The largest absolute Gasteiger partial charge is 0.349 e. The zero-order valence-corrected chi connectivity index (χ0v) is 16.6. The fourth-order valence-electron chi connectivity index (χ4n) is 3.89. The van der Waals surface area contributed by atoms with Gasteiger partial charge in [0, 0.05) is 25.3 Å². The number of carbonyl (C=O) groups is 1. The molecule has 1 aromatic heterocycles. The molecule has 1 amide bonds. The summed E-state index contributed by atoms with van der Waals surface area (Å²) in [5, 5.41) is 3.11. The van der Waals surface area contributed by atoms with Crippen molar-refractivity contribution in [2.75, 3.05) is 27.2 Å². The number of hydrogen-bond donors (Lipinski definition) is 1. The molecular weight excluding hydrogens is 322 g/mol. The van der Waals surface area contributed by atoms with Gasteiger partial charge in [-0.3, -0.25) is 4.79 Å². The van der Waals surface area contributed by atoms with Gasteiger partial charge in [0.05, 0.1) is 0 Å². The lowest BCUT2D eigenvalue weighted by atomic mass is 9.95. The van der Waals surface area contributed by atoms with E-state index in [-0.39, 0.29) is 5.91 Å². The number of hydrogen-bond acceptors (Lipinski definition) is 2. The Hall–Kier alpha value is -2.07. The number of amides is 1. The van der Waals surface area contributed by atoms with Crippen LogP contribution in [-0.2, 0) is 19.4 Å². The summed E-state index contributed by atoms with van der Waals surface area (Å²) in [6.07, 6.45) is 4.61. The highest BCUT2D eigenvalue weighted by molar-refractivity contribution is 5.95. The second-order valence-corrected chi connectivity index (χ2v) is 7.74. The van der Waals surface area contributed by atoms with Crippen LogP contribution in [0.15, 0.2) is 24.3 Å².